The first-order valence-corrected chi connectivity index (χ1v) is 17.5. The Bertz CT molecular complexity index is 1080. The van der Waals surface area contributed by atoms with Crippen molar-refractivity contribution in [3.05, 3.63) is 0 Å². The highest BCUT2D eigenvalue weighted by Crippen LogP contribution is 2.77. The van der Waals surface area contributed by atoms with Crippen molar-refractivity contribution in [1.82, 2.24) is 0 Å². The molecule has 0 aromatic rings. The number of carboxylic acid groups (broad SMARTS) is 1. The Labute approximate surface area is 255 Å². The normalized spacial score (nSPS) is 45.7. The number of carbonyl (C=O) groups excluding carboxylic acids is 2. The fourth-order valence-electron chi connectivity index (χ4n) is 12.9. The molecule has 0 aliphatic heterocycles. The van der Waals surface area contributed by atoms with Crippen LogP contribution in [0.3, 0.4) is 0 Å². The lowest BCUT2D eigenvalue weighted by atomic mass is 9.32. The largest absolute Gasteiger partial charge is 0.481 e. The van der Waals surface area contributed by atoms with Gasteiger partial charge in [0, 0.05) is 23.7 Å². The average Bonchev–Trinajstić information content (AvgIpc) is 3.31. The molecule has 0 bridgehead atoms. The lowest BCUT2D eigenvalue weighted by Gasteiger charge is -2.73. The molecule has 1 N–H and O–H groups in total. The van der Waals surface area contributed by atoms with Gasteiger partial charge in [-0.05, 0) is 122 Å². The van der Waals surface area contributed by atoms with Crippen LogP contribution in [0.25, 0.3) is 0 Å². The van der Waals surface area contributed by atoms with E-state index in [0.29, 0.717) is 41.9 Å². The highest BCUT2D eigenvalue weighted by Gasteiger charge is 2.71. The zero-order valence-electron chi connectivity index (χ0n) is 28.0. The van der Waals surface area contributed by atoms with Gasteiger partial charge in [0.1, 0.15) is 11.9 Å². The first-order chi connectivity index (χ1) is 19.6. The van der Waals surface area contributed by atoms with E-state index >= 15 is 0 Å². The van der Waals surface area contributed by atoms with Crippen molar-refractivity contribution in [2.45, 2.75) is 151 Å². The van der Waals surface area contributed by atoms with E-state index in [0.717, 1.165) is 44.9 Å². The van der Waals surface area contributed by atoms with Gasteiger partial charge in [-0.15, -0.1) is 0 Å². The molecule has 0 saturated heterocycles. The maximum absolute atomic E-state index is 14.0. The Morgan fingerprint density at radius 3 is 2.14 bits per heavy atom. The number of carboxylic acids is 1. The molecule has 238 valence electrons. The third-order valence-electron chi connectivity index (χ3n) is 15.1. The summed E-state index contributed by atoms with van der Waals surface area (Å²) in [5.74, 6) is 2.51. The molecule has 5 heteroatoms. The molecule has 10 atom stereocenters. The minimum atomic E-state index is -0.855. The van der Waals surface area contributed by atoms with E-state index in [9.17, 15) is 19.5 Å². The van der Waals surface area contributed by atoms with E-state index in [2.05, 4.69) is 48.5 Å². The number of aliphatic carboxylic acids is 1. The summed E-state index contributed by atoms with van der Waals surface area (Å²) in [6, 6.07) is 0. The van der Waals surface area contributed by atoms with Gasteiger partial charge in [-0.2, -0.15) is 0 Å². The second kappa shape index (κ2) is 10.9. The predicted octanol–water partition coefficient (Wildman–Crippen LogP) is 8.87. The maximum atomic E-state index is 14.0. The monoisotopic (exact) mass is 584 g/mol. The van der Waals surface area contributed by atoms with Crippen LogP contribution in [0.15, 0.2) is 0 Å². The lowest BCUT2D eigenvalue weighted by Crippen LogP contribution is -2.67. The van der Waals surface area contributed by atoms with Gasteiger partial charge in [-0.3, -0.25) is 14.4 Å². The number of ether oxygens (including phenoxy) is 1. The number of Topliss-reactive ketones (excluding diaryl/α,β-unsaturated/α-hetero) is 1. The van der Waals surface area contributed by atoms with Crippen molar-refractivity contribution < 1.29 is 24.2 Å². The predicted molar refractivity (Wildman–Crippen MR) is 166 cm³/mol. The smallest absolute Gasteiger partial charge is 0.306 e. The van der Waals surface area contributed by atoms with Crippen LogP contribution < -0.4 is 0 Å². The van der Waals surface area contributed by atoms with Crippen LogP contribution in [0.5, 0.6) is 0 Å². The topological polar surface area (TPSA) is 80.7 Å². The molecule has 5 aliphatic carbocycles. The third kappa shape index (κ3) is 4.55. The Morgan fingerprint density at radius 1 is 0.786 bits per heavy atom. The Hall–Kier alpha value is -1.39. The van der Waals surface area contributed by atoms with Gasteiger partial charge in [0.25, 0.3) is 0 Å². The Kier molecular flexibility index (Phi) is 8.31. The maximum Gasteiger partial charge on any atom is 0.306 e. The molecular weight excluding hydrogens is 524 g/mol. The van der Waals surface area contributed by atoms with Crippen LogP contribution >= 0.6 is 0 Å². The number of ketones is 1. The molecule has 0 heterocycles. The molecule has 5 aliphatic rings. The summed E-state index contributed by atoms with van der Waals surface area (Å²) in [5.41, 5.74) is 0.251. The molecule has 1 unspecified atom stereocenters. The Morgan fingerprint density at radius 2 is 1.50 bits per heavy atom. The van der Waals surface area contributed by atoms with Crippen LogP contribution in [0.4, 0.5) is 0 Å². The van der Waals surface area contributed by atoms with Crippen LogP contribution in [-0.2, 0) is 19.1 Å². The fourth-order valence-corrected chi connectivity index (χ4v) is 12.9. The lowest BCUT2D eigenvalue weighted by molar-refractivity contribution is -0.250. The summed E-state index contributed by atoms with van der Waals surface area (Å²) < 4.78 is 6.15. The van der Waals surface area contributed by atoms with Crippen molar-refractivity contribution in [2.24, 2.45) is 62.6 Å². The Balaban J connectivity index is 1.46. The van der Waals surface area contributed by atoms with Gasteiger partial charge < -0.3 is 9.84 Å². The highest BCUT2D eigenvalue weighted by molar-refractivity contribution is 5.88. The number of rotatable bonds is 8. The average molecular weight is 585 g/mol. The number of hydrogen-bond donors (Lipinski definition) is 1. The summed E-state index contributed by atoms with van der Waals surface area (Å²) in [4.78, 5) is 38.0. The minimum Gasteiger partial charge on any atom is -0.481 e. The van der Waals surface area contributed by atoms with Gasteiger partial charge in [0.05, 0.1) is 6.42 Å². The first-order valence-electron chi connectivity index (χ1n) is 17.5. The van der Waals surface area contributed by atoms with Crippen molar-refractivity contribution in [3.8, 4) is 0 Å². The van der Waals surface area contributed by atoms with Crippen LogP contribution in [-0.4, -0.2) is 28.9 Å². The summed E-state index contributed by atoms with van der Waals surface area (Å²) in [6.45, 7) is 19.3. The van der Waals surface area contributed by atoms with Gasteiger partial charge in [0.15, 0.2) is 0 Å². The van der Waals surface area contributed by atoms with Crippen LogP contribution in [0, 0.1) is 62.6 Å². The minimum absolute atomic E-state index is 0.00306. The van der Waals surface area contributed by atoms with Gasteiger partial charge in [-0.25, -0.2) is 0 Å². The van der Waals surface area contributed by atoms with Crippen molar-refractivity contribution >= 4 is 17.7 Å². The standard InChI is InChI=1S/C37H60O5/c1-9-10-31(41)42-29-17-18-34(6)26(33(29,4)5)16-19-36(8)27(34)12-11-25-32-24(23(2)3)15-20-37(32,22-21-35(25,36)7)28(38)13-14-30(39)40/h23-27,29,32H,9-22H2,1-8H3,(H,39,40)/t24-,25?,26-,27+,29-,32-,34-,35+,36+,37+/m0/s1. The second-order valence-electron chi connectivity index (χ2n) is 17.2. The van der Waals surface area contributed by atoms with Crippen molar-refractivity contribution in [2.75, 3.05) is 0 Å². The number of hydrogen-bond acceptors (Lipinski definition) is 4. The van der Waals surface area contributed by atoms with E-state index in [1.807, 2.05) is 6.92 Å². The van der Waals surface area contributed by atoms with Crippen molar-refractivity contribution in [3.63, 3.8) is 0 Å². The molecule has 0 aromatic heterocycles. The summed E-state index contributed by atoms with van der Waals surface area (Å²) in [5, 5.41) is 9.39. The van der Waals surface area contributed by atoms with E-state index in [-0.39, 0.29) is 57.8 Å². The number of carbonyl (C=O) groups is 3. The van der Waals surface area contributed by atoms with Gasteiger partial charge in [0.2, 0.25) is 0 Å². The molecule has 5 fully saturated rings. The van der Waals surface area contributed by atoms with Gasteiger partial charge >= 0.3 is 11.9 Å². The summed E-state index contributed by atoms with van der Waals surface area (Å²) in [7, 11) is 0. The van der Waals surface area contributed by atoms with E-state index < -0.39 is 5.97 Å². The molecule has 0 radical (unpaired) electrons. The summed E-state index contributed by atoms with van der Waals surface area (Å²) in [6.07, 6.45) is 12.5. The van der Waals surface area contributed by atoms with Crippen LogP contribution in [0.2, 0.25) is 0 Å². The molecule has 42 heavy (non-hydrogen) atoms. The van der Waals surface area contributed by atoms with Crippen LogP contribution in [0.1, 0.15) is 145 Å². The first kappa shape index (κ1) is 32.0. The quantitative estimate of drug-likeness (QED) is 0.288. The third-order valence-corrected chi connectivity index (χ3v) is 15.1. The van der Waals surface area contributed by atoms with E-state index in [1.54, 1.807) is 0 Å². The molecule has 0 aromatic carbocycles. The number of fused-ring (bicyclic) bond motifs is 7. The molecule has 0 spiro atoms. The molecular formula is C37H60O5. The molecule has 5 rings (SSSR count). The zero-order valence-corrected chi connectivity index (χ0v) is 28.0. The van der Waals surface area contributed by atoms with Gasteiger partial charge in [-0.1, -0.05) is 55.4 Å². The molecule has 5 saturated carbocycles. The summed E-state index contributed by atoms with van der Waals surface area (Å²) >= 11 is 0. The number of esters is 1. The highest BCUT2D eigenvalue weighted by atomic mass is 16.5. The van der Waals surface area contributed by atoms with E-state index in [1.165, 1.54) is 25.7 Å². The zero-order chi connectivity index (χ0) is 30.9. The molecule has 5 nitrogen and oxygen atoms in total. The fraction of sp³-hybridized carbons (Fsp3) is 0.919. The van der Waals surface area contributed by atoms with Crippen molar-refractivity contribution in [1.29, 1.82) is 0 Å². The SMILES string of the molecule is CCCC(=O)O[C@H]1CC[C@]2(C)[C@H]3CCC4[C@@H]5[C@H](C(C)C)CC[C@]5(C(=O)CCC(=O)O)CC[C@@]4(C)[C@]3(C)CC[C@H]2C1(C)C. The van der Waals surface area contributed by atoms with E-state index in [4.69, 9.17) is 4.74 Å². The second-order valence-corrected chi connectivity index (χ2v) is 17.2. The molecule has 0 amide bonds.